The minimum absolute atomic E-state index is 0.00167. The van der Waals surface area contributed by atoms with Crippen molar-refractivity contribution < 1.29 is 9.90 Å². The Morgan fingerprint density at radius 2 is 2.15 bits per heavy atom. The fraction of sp³-hybridized carbons (Fsp3) is 0.143. The summed E-state index contributed by atoms with van der Waals surface area (Å²) in [7, 11) is 0. The van der Waals surface area contributed by atoms with Crippen molar-refractivity contribution in [1.29, 1.82) is 5.26 Å². The first-order valence-corrected chi connectivity index (χ1v) is 4.04. The van der Waals surface area contributed by atoms with Gasteiger partial charge in [0.05, 0.1) is 10.5 Å². The summed E-state index contributed by atoms with van der Waals surface area (Å²) in [5, 5.41) is 17.1. The summed E-state index contributed by atoms with van der Waals surface area (Å²) in [6.45, 7) is 0. The first-order valence-electron chi connectivity index (χ1n) is 3.25. The summed E-state index contributed by atoms with van der Waals surface area (Å²) in [5.74, 6) is -2.55. The van der Waals surface area contributed by atoms with Crippen molar-refractivity contribution in [3.63, 3.8) is 0 Å². The van der Waals surface area contributed by atoms with Crippen LogP contribution >= 0.6 is 15.9 Å². The van der Waals surface area contributed by atoms with Gasteiger partial charge in [-0.3, -0.25) is 4.79 Å². The lowest BCUT2D eigenvalue weighted by Crippen LogP contribution is -2.12. The van der Waals surface area contributed by atoms with Crippen LogP contribution in [0.2, 0.25) is 0 Å². The number of halogens is 1. The fourth-order valence-corrected chi connectivity index (χ4v) is 0.899. The van der Waals surface area contributed by atoms with Gasteiger partial charge in [-0.2, -0.15) is 5.26 Å². The number of rotatable bonds is 2. The normalized spacial score (nSPS) is 11.7. The highest BCUT2D eigenvalue weighted by molar-refractivity contribution is 9.10. The van der Waals surface area contributed by atoms with E-state index < -0.39 is 11.9 Å². The van der Waals surface area contributed by atoms with E-state index in [1.807, 2.05) is 0 Å². The molecular formula is C7H4BrN3O2. The van der Waals surface area contributed by atoms with Gasteiger partial charge in [-0.25, -0.2) is 9.97 Å². The van der Waals surface area contributed by atoms with Crippen LogP contribution in [0.4, 0.5) is 0 Å². The molecule has 1 rings (SSSR count). The maximum absolute atomic E-state index is 10.5. The van der Waals surface area contributed by atoms with Crippen LogP contribution in [-0.2, 0) is 4.79 Å². The molecule has 6 heteroatoms. The Hall–Kier alpha value is -1.48. The predicted molar refractivity (Wildman–Crippen MR) is 45.7 cm³/mol. The van der Waals surface area contributed by atoms with E-state index in [2.05, 4.69) is 25.9 Å². The zero-order valence-electron chi connectivity index (χ0n) is 6.31. The van der Waals surface area contributed by atoms with Crippen LogP contribution in [-0.4, -0.2) is 21.0 Å². The van der Waals surface area contributed by atoms with E-state index in [1.54, 1.807) is 6.07 Å². The molecule has 0 saturated heterocycles. The molecule has 0 spiro atoms. The number of carbonyl (C=O) groups is 1. The van der Waals surface area contributed by atoms with Gasteiger partial charge in [0.25, 0.3) is 0 Å². The monoisotopic (exact) mass is 241 g/mol. The van der Waals surface area contributed by atoms with Gasteiger partial charge in [0.15, 0.2) is 5.82 Å². The van der Waals surface area contributed by atoms with Crippen molar-refractivity contribution in [1.82, 2.24) is 9.97 Å². The van der Waals surface area contributed by atoms with Gasteiger partial charge in [-0.15, -0.1) is 0 Å². The number of hydrogen-bond acceptors (Lipinski definition) is 4. The molecule has 1 heterocycles. The van der Waals surface area contributed by atoms with E-state index in [0.717, 1.165) is 0 Å². The third-order valence-corrected chi connectivity index (χ3v) is 1.68. The minimum atomic E-state index is -1.30. The molecule has 0 fully saturated rings. The van der Waals surface area contributed by atoms with Crippen LogP contribution in [0.15, 0.2) is 16.9 Å². The van der Waals surface area contributed by atoms with E-state index in [-0.39, 0.29) is 5.82 Å². The molecule has 66 valence electrons. The summed E-state index contributed by atoms with van der Waals surface area (Å²) in [6, 6.07) is 1.60. The van der Waals surface area contributed by atoms with Gasteiger partial charge >= 0.3 is 5.97 Å². The second-order valence-corrected chi connectivity index (χ2v) is 3.08. The fourth-order valence-electron chi connectivity index (χ4n) is 0.695. The molecule has 0 aliphatic heterocycles. The highest BCUT2D eigenvalue weighted by Crippen LogP contribution is 2.11. The molecular weight excluding hydrogens is 238 g/mol. The number of aromatic nitrogens is 2. The topological polar surface area (TPSA) is 86.9 Å². The maximum Gasteiger partial charge on any atom is 0.328 e. The zero-order valence-corrected chi connectivity index (χ0v) is 7.89. The molecule has 1 unspecified atom stereocenters. The van der Waals surface area contributed by atoms with Crippen LogP contribution in [0.1, 0.15) is 11.7 Å². The predicted octanol–water partition coefficient (Wildman–Crippen LogP) is 0.931. The second-order valence-electron chi connectivity index (χ2n) is 2.16. The van der Waals surface area contributed by atoms with Crippen molar-refractivity contribution in [3.8, 4) is 6.07 Å². The average molecular weight is 242 g/mol. The largest absolute Gasteiger partial charge is 0.480 e. The lowest BCUT2D eigenvalue weighted by atomic mass is 10.1. The Bertz CT molecular complexity index is 357. The van der Waals surface area contributed by atoms with Gasteiger partial charge in [0.2, 0.25) is 5.92 Å². The van der Waals surface area contributed by atoms with E-state index in [9.17, 15) is 4.79 Å². The van der Waals surface area contributed by atoms with E-state index >= 15 is 0 Å². The highest BCUT2D eigenvalue weighted by atomic mass is 79.9. The number of aliphatic carboxylic acids is 1. The van der Waals surface area contributed by atoms with Gasteiger partial charge < -0.3 is 5.11 Å². The van der Waals surface area contributed by atoms with E-state index in [1.165, 1.54) is 12.4 Å². The number of hydrogen-bond donors (Lipinski definition) is 1. The van der Waals surface area contributed by atoms with Gasteiger partial charge in [-0.1, -0.05) is 0 Å². The molecule has 1 atom stereocenters. The third kappa shape index (κ3) is 2.23. The molecule has 0 saturated carbocycles. The Balaban J connectivity index is 3.01. The molecule has 0 amide bonds. The third-order valence-electron chi connectivity index (χ3n) is 1.27. The lowest BCUT2D eigenvalue weighted by Gasteiger charge is -2.00. The Kier molecular flexibility index (Phi) is 2.93. The van der Waals surface area contributed by atoms with Crippen molar-refractivity contribution in [2.75, 3.05) is 0 Å². The van der Waals surface area contributed by atoms with Crippen LogP contribution in [0.3, 0.4) is 0 Å². The summed E-state index contributed by atoms with van der Waals surface area (Å²) in [4.78, 5) is 17.9. The van der Waals surface area contributed by atoms with Crippen molar-refractivity contribution in [2.45, 2.75) is 5.92 Å². The lowest BCUT2D eigenvalue weighted by molar-refractivity contribution is -0.137. The van der Waals surface area contributed by atoms with Crippen molar-refractivity contribution >= 4 is 21.9 Å². The molecule has 0 aliphatic carbocycles. The van der Waals surface area contributed by atoms with Gasteiger partial charge in [0, 0.05) is 12.4 Å². The van der Waals surface area contributed by atoms with E-state index in [0.29, 0.717) is 4.47 Å². The molecule has 0 aromatic carbocycles. The van der Waals surface area contributed by atoms with Crippen LogP contribution < -0.4 is 0 Å². The minimum Gasteiger partial charge on any atom is -0.480 e. The zero-order chi connectivity index (χ0) is 9.84. The first-order chi connectivity index (χ1) is 6.15. The van der Waals surface area contributed by atoms with Crippen LogP contribution in [0.5, 0.6) is 0 Å². The Morgan fingerprint density at radius 1 is 1.62 bits per heavy atom. The second kappa shape index (κ2) is 3.96. The van der Waals surface area contributed by atoms with Gasteiger partial charge in [-0.05, 0) is 15.9 Å². The smallest absolute Gasteiger partial charge is 0.328 e. The van der Waals surface area contributed by atoms with Crippen LogP contribution in [0, 0.1) is 11.3 Å². The van der Waals surface area contributed by atoms with E-state index in [4.69, 9.17) is 10.4 Å². The summed E-state index contributed by atoms with van der Waals surface area (Å²) in [6.07, 6.45) is 2.80. The van der Waals surface area contributed by atoms with Crippen molar-refractivity contribution in [2.24, 2.45) is 0 Å². The number of nitriles is 1. The Morgan fingerprint density at radius 3 is 2.54 bits per heavy atom. The number of carboxylic acids is 1. The first kappa shape index (κ1) is 9.61. The summed E-state index contributed by atoms with van der Waals surface area (Å²) < 4.78 is 0.637. The molecule has 0 bridgehead atoms. The molecule has 13 heavy (non-hydrogen) atoms. The standard InChI is InChI=1S/C7H4BrN3O2/c8-4-2-10-6(11-3-4)5(1-9)7(12)13/h2-3,5H,(H,12,13). The molecule has 1 N–H and O–H groups in total. The highest BCUT2D eigenvalue weighted by Gasteiger charge is 2.21. The molecule has 0 radical (unpaired) electrons. The molecule has 1 aromatic rings. The molecule has 5 nitrogen and oxygen atoms in total. The van der Waals surface area contributed by atoms with Crippen molar-refractivity contribution in [3.05, 3.63) is 22.7 Å². The molecule has 0 aliphatic rings. The number of carboxylic acid groups (broad SMARTS) is 1. The quantitative estimate of drug-likeness (QED) is 0.833. The Labute approximate surface area is 82.2 Å². The van der Waals surface area contributed by atoms with Crippen LogP contribution in [0.25, 0.3) is 0 Å². The number of nitrogens with zero attached hydrogens (tertiary/aromatic N) is 3. The summed E-state index contributed by atoms with van der Waals surface area (Å²) in [5.41, 5.74) is 0. The SMILES string of the molecule is N#CC(C(=O)O)c1ncc(Br)cn1. The van der Waals surface area contributed by atoms with Gasteiger partial charge in [0.1, 0.15) is 0 Å². The average Bonchev–Trinajstić information content (AvgIpc) is 2.09. The molecule has 1 aromatic heterocycles. The maximum atomic E-state index is 10.5. The summed E-state index contributed by atoms with van der Waals surface area (Å²) >= 11 is 3.10.